The Balaban J connectivity index is 1.88. The van der Waals surface area contributed by atoms with Crippen LogP contribution in [0.4, 0.5) is 11.6 Å². The fourth-order valence-electron chi connectivity index (χ4n) is 2.08. The van der Waals surface area contributed by atoms with E-state index >= 15 is 0 Å². The van der Waals surface area contributed by atoms with Crippen molar-refractivity contribution in [2.75, 3.05) is 10.7 Å². The first-order chi connectivity index (χ1) is 11.8. The molecule has 2 aromatic rings. The van der Waals surface area contributed by atoms with Crippen molar-refractivity contribution in [3.8, 4) is 0 Å². The number of nitrogens with one attached hydrogen (secondary N) is 3. The highest BCUT2D eigenvalue weighted by molar-refractivity contribution is 8.00. The van der Waals surface area contributed by atoms with E-state index in [0.29, 0.717) is 5.95 Å². The van der Waals surface area contributed by atoms with Gasteiger partial charge in [-0.3, -0.25) is 20.4 Å². The maximum absolute atomic E-state index is 12.2. The summed E-state index contributed by atoms with van der Waals surface area (Å²) < 4.78 is 0. The molecule has 0 saturated heterocycles. The second-order valence-electron chi connectivity index (χ2n) is 5.55. The highest BCUT2D eigenvalue weighted by atomic mass is 32.2. The van der Waals surface area contributed by atoms with Gasteiger partial charge in [0.1, 0.15) is 0 Å². The van der Waals surface area contributed by atoms with E-state index in [9.17, 15) is 9.59 Å². The number of hydrazine groups is 1. The van der Waals surface area contributed by atoms with E-state index in [1.807, 2.05) is 39.0 Å². The molecule has 2 amide bonds. The molecule has 132 valence electrons. The number of rotatable bonds is 6. The van der Waals surface area contributed by atoms with E-state index in [1.54, 1.807) is 12.1 Å². The lowest BCUT2D eigenvalue weighted by atomic mass is 10.3. The number of amides is 2. The Morgan fingerprint density at radius 2 is 1.68 bits per heavy atom. The second kappa shape index (κ2) is 8.48. The monoisotopic (exact) mass is 359 g/mol. The lowest BCUT2D eigenvalue weighted by Crippen LogP contribution is -2.36. The number of nitrogens with zero attached hydrogens (tertiary/aromatic N) is 2. The first-order valence-corrected chi connectivity index (χ1v) is 8.64. The van der Waals surface area contributed by atoms with Crippen LogP contribution >= 0.6 is 11.8 Å². The Labute approximate surface area is 151 Å². The molecule has 25 heavy (non-hydrogen) atoms. The number of aryl methyl sites for hydroxylation is 2. The van der Waals surface area contributed by atoms with Gasteiger partial charge in [0.2, 0.25) is 11.9 Å². The van der Waals surface area contributed by atoms with E-state index in [2.05, 4.69) is 26.1 Å². The number of anilines is 2. The molecule has 3 N–H and O–H groups in total. The average molecular weight is 359 g/mol. The summed E-state index contributed by atoms with van der Waals surface area (Å²) in [5, 5.41) is 2.39. The minimum absolute atomic E-state index is 0.118. The van der Waals surface area contributed by atoms with Crippen LogP contribution in [0.15, 0.2) is 35.2 Å². The normalized spacial score (nSPS) is 11.5. The summed E-state index contributed by atoms with van der Waals surface area (Å²) in [5.74, 6) is 0.0641. The quantitative estimate of drug-likeness (QED) is 0.542. The molecule has 0 radical (unpaired) electrons. The van der Waals surface area contributed by atoms with E-state index in [1.165, 1.54) is 18.7 Å². The minimum Gasteiger partial charge on any atom is -0.326 e. The van der Waals surface area contributed by atoms with Gasteiger partial charge in [-0.05, 0) is 51.1 Å². The van der Waals surface area contributed by atoms with Gasteiger partial charge in [-0.15, -0.1) is 11.8 Å². The molecule has 0 fully saturated rings. The van der Waals surface area contributed by atoms with Crippen molar-refractivity contribution < 1.29 is 9.59 Å². The van der Waals surface area contributed by atoms with E-state index in [4.69, 9.17) is 0 Å². The SMILES string of the molecule is CC(=O)Nc1ccc(S[C@@H](C)C(=O)NNc2nc(C)cc(C)n2)cc1. The molecule has 0 aliphatic heterocycles. The van der Waals surface area contributed by atoms with Crippen LogP contribution < -0.4 is 16.2 Å². The van der Waals surface area contributed by atoms with Gasteiger partial charge in [0.05, 0.1) is 5.25 Å². The molecule has 7 nitrogen and oxygen atoms in total. The van der Waals surface area contributed by atoms with Gasteiger partial charge in [-0.2, -0.15) is 0 Å². The third-order valence-electron chi connectivity index (χ3n) is 3.14. The van der Waals surface area contributed by atoms with Gasteiger partial charge in [0.15, 0.2) is 0 Å². The Hall–Kier alpha value is -2.61. The number of hydrogen-bond acceptors (Lipinski definition) is 6. The van der Waals surface area contributed by atoms with Crippen molar-refractivity contribution in [2.45, 2.75) is 37.8 Å². The minimum atomic E-state index is -0.315. The van der Waals surface area contributed by atoms with Crippen LogP contribution in [-0.4, -0.2) is 27.0 Å². The van der Waals surface area contributed by atoms with Crippen LogP contribution in [0.3, 0.4) is 0 Å². The van der Waals surface area contributed by atoms with Crippen molar-refractivity contribution in [1.29, 1.82) is 0 Å². The predicted octanol–water partition coefficient (Wildman–Crippen LogP) is 2.68. The summed E-state index contributed by atoms with van der Waals surface area (Å²) in [5.41, 5.74) is 7.73. The number of aromatic nitrogens is 2. The maximum atomic E-state index is 12.2. The number of thioether (sulfide) groups is 1. The number of carbonyl (C=O) groups excluding carboxylic acids is 2. The fourth-order valence-corrected chi connectivity index (χ4v) is 2.95. The Kier molecular flexibility index (Phi) is 6.35. The third kappa shape index (κ3) is 6.07. The number of hydrogen-bond donors (Lipinski definition) is 3. The number of carbonyl (C=O) groups is 2. The highest BCUT2D eigenvalue weighted by Gasteiger charge is 2.14. The molecule has 0 aliphatic rings. The molecule has 0 bridgehead atoms. The summed E-state index contributed by atoms with van der Waals surface area (Å²) in [4.78, 5) is 32.5. The molecule has 2 rings (SSSR count). The summed E-state index contributed by atoms with van der Waals surface area (Å²) in [6, 6.07) is 9.18. The zero-order chi connectivity index (χ0) is 18.4. The Bertz CT molecular complexity index is 744. The van der Waals surface area contributed by atoms with Crippen molar-refractivity contribution >= 4 is 35.2 Å². The van der Waals surface area contributed by atoms with E-state index in [0.717, 1.165) is 22.0 Å². The van der Waals surface area contributed by atoms with Crippen molar-refractivity contribution in [2.24, 2.45) is 0 Å². The molecule has 0 spiro atoms. The highest BCUT2D eigenvalue weighted by Crippen LogP contribution is 2.24. The van der Waals surface area contributed by atoms with E-state index < -0.39 is 0 Å². The first-order valence-electron chi connectivity index (χ1n) is 7.76. The standard InChI is InChI=1S/C17H21N5O2S/c1-10-9-11(2)19-17(18-10)22-21-16(24)12(3)25-15-7-5-14(6-8-15)20-13(4)23/h5-9,12H,1-4H3,(H,20,23)(H,21,24)(H,18,19,22)/t12-/m0/s1. The molecule has 1 aromatic heterocycles. The average Bonchev–Trinajstić information content (AvgIpc) is 2.53. The Morgan fingerprint density at radius 1 is 1.08 bits per heavy atom. The van der Waals surface area contributed by atoms with Crippen LogP contribution in [0.25, 0.3) is 0 Å². The van der Waals surface area contributed by atoms with Crippen molar-refractivity contribution in [1.82, 2.24) is 15.4 Å². The number of benzene rings is 1. The van der Waals surface area contributed by atoms with Crippen LogP contribution in [0.5, 0.6) is 0 Å². The predicted molar refractivity (Wildman–Crippen MR) is 99.3 cm³/mol. The molecule has 1 heterocycles. The van der Waals surface area contributed by atoms with Crippen LogP contribution in [0.2, 0.25) is 0 Å². The van der Waals surface area contributed by atoms with Gasteiger partial charge >= 0.3 is 0 Å². The molecule has 8 heteroatoms. The molecular weight excluding hydrogens is 338 g/mol. The van der Waals surface area contributed by atoms with Crippen LogP contribution in [-0.2, 0) is 9.59 Å². The molecule has 0 unspecified atom stereocenters. The topological polar surface area (TPSA) is 96.0 Å². The van der Waals surface area contributed by atoms with Gasteiger partial charge in [0.25, 0.3) is 5.91 Å². The second-order valence-corrected chi connectivity index (χ2v) is 6.97. The first kappa shape index (κ1) is 18.7. The zero-order valence-electron chi connectivity index (χ0n) is 14.6. The van der Waals surface area contributed by atoms with Gasteiger partial charge < -0.3 is 5.32 Å². The van der Waals surface area contributed by atoms with Gasteiger partial charge in [-0.1, -0.05) is 0 Å². The summed E-state index contributed by atoms with van der Waals surface area (Å²) in [6.07, 6.45) is 0. The van der Waals surface area contributed by atoms with Gasteiger partial charge in [-0.25, -0.2) is 9.97 Å². The van der Waals surface area contributed by atoms with Crippen LogP contribution in [0, 0.1) is 13.8 Å². The fraction of sp³-hybridized carbons (Fsp3) is 0.294. The van der Waals surface area contributed by atoms with Crippen molar-refractivity contribution in [3.05, 3.63) is 41.7 Å². The van der Waals surface area contributed by atoms with E-state index in [-0.39, 0.29) is 17.1 Å². The lowest BCUT2D eigenvalue weighted by molar-refractivity contribution is -0.119. The molecule has 0 saturated carbocycles. The summed E-state index contributed by atoms with van der Waals surface area (Å²) in [7, 11) is 0. The van der Waals surface area contributed by atoms with Crippen molar-refractivity contribution in [3.63, 3.8) is 0 Å². The molecule has 1 atom stereocenters. The third-order valence-corrected chi connectivity index (χ3v) is 4.25. The van der Waals surface area contributed by atoms with Crippen LogP contribution in [0.1, 0.15) is 25.2 Å². The summed E-state index contributed by atoms with van der Waals surface area (Å²) in [6.45, 7) is 7.00. The zero-order valence-corrected chi connectivity index (χ0v) is 15.4. The maximum Gasteiger partial charge on any atom is 0.251 e. The summed E-state index contributed by atoms with van der Waals surface area (Å²) >= 11 is 1.42. The smallest absolute Gasteiger partial charge is 0.251 e. The van der Waals surface area contributed by atoms with Gasteiger partial charge in [0, 0.05) is 28.9 Å². The lowest BCUT2D eigenvalue weighted by Gasteiger charge is -2.13. The molecule has 0 aliphatic carbocycles. The largest absolute Gasteiger partial charge is 0.326 e. The Morgan fingerprint density at radius 3 is 2.24 bits per heavy atom. The molecule has 1 aromatic carbocycles. The molecular formula is C17H21N5O2S.